The molecule has 0 spiro atoms. The minimum absolute atomic E-state index is 0.0307. The van der Waals surface area contributed by atoms with E-state index in [1.165, 1.54) is 36.0 Å². The number of rotatable bonds is 4. The maximum Gasteiger partial charge on any atom is 0.0763 e. The second-order valence-corrected chi connectivity index (χ2v) is 6.70. The Labute approximate surface area is 123 Å². The van der Waals surface area contributed by atoms with Crippen molar-refractivity contribution in [1.29, 1.82) is 0 Å². The Morgan fingerprint density at radius 3 is 2.30 bits per heavy atom. The lowest BCUT2D eigenvalue weighted by molar-refractivity contribution is -0.0310. The van der Waals surface area contributed by atoms with Crippen LogP contribution in [0.3, 0.4) is 0 Å². The number of aliphatic hydroxyl groups is 1. The van der Waals surface area contributed by atoms with Crippen molar-refractivity contribution in [3.63, 3.8) is 0 Å². The van der Waals surface area contributed by atoms with E-state index in [1.54, 1.807) is 0 Å². The molecule has 1 N–H and O–H groups in total. The van der Waals surface area contributed by atoms with Gasteiger partial charge in [0.1, 0.15) is 0 Å². The van der Waals surface area contributed by atoms with E-state index in [-0.39, 0.29) is 11.6 Å². The summed E-state index contributed by atoms with van der Waals surface area (Å²) in [7, 11) is 4.24. The summed E-state index contributed by atoms with van der Waals surface area (Å²) in [6.45, 7) is 4.28. The molecular weight excluding hydrogens is 246 g/mol. The van der Waals surface area contributed by atoms with Crippen LogP contribution in [0.5, 0.6) is 0 Å². The van der Waals surface area contributed by atoms with Crippen LogP contribution in [0, 0.1) is 13.8 Å². The fraction of sp³-hybridized carbons (Fsp3) is 0.667. The molecule has 1 aromatic rings. The third-order valence-electron chi connectivity index (χ3n) is 5.23. The molecule has 1 saturated carbocycles. The van der Waals surface area contributed by atoms with Crippen LogP contribution in [0.4, 0.5) is 0 Å². The zero-order chi connectivity index (χ0) is 14.8. The minimum atomic E-state index is -0.278. The summed E-state index contributed by atoms with van der Waals surface area (Å²) < 4.78 is 0. The highest BCUT2D eigenvalue weighted by molar-refractivity contribution is 5.30. The number of aliphatic hydroxyl groups excluding tert-OH is 1. The van der Waals surface area contributed by atoms with E-state index in [9.17, 15) is 5.11 Å². The van der Waals surface area contributed by atoms with Gasteiger partial charge in [0.2, 0.25) is 0 Å². The molecule has 2 rings (SSSR count). The van der Waals surface area contributed by atoms with E-state index in [4.69, 9.17) is 0 Å². The first-order valence-electron chi connectivity index (χ1n) is 7.87. The average Bonchev–Trinajstić information content (AvgIpc) is 2.43. The number of hydrogen-bond acceptors (Lipinski definition) is 2. The van der Waals surface area contributed by atoms with Gasteiger partial charge in [-0.25, -0.2) is 0 Å². The highest BCUT2D eigenvalue weighted by Gasteiger charge is 2.40. The standard InChI is InChI=1S/C18H29NO/c1-14-8-9-16(12-15(14)2)13-17(20)18(19(3)4)10-6-5-7-11-18/h8-9,12,17,20H,5-7,10-11,13H2,1-4H3. The van der Waals surface area contributed by atoms with Gasteiger partial charge in [-0.2, -0.15) is 0 Å². The Kier molecular flexibility index (Phi) is 4.87. The van der Waals surface area contributed by atoms with Crippen LogP contribution in [0.15, 0.2) is 18.2 Å². The molecule has 0 aromatic heterocycles. The van der Waals surface area contributed by atoms with Gasteiger partial charge in [-0.3, -0.25) is 0 Å². The second kappa shape index (κ2) is 6.28. The normalized spacial score (nSPS) is 20.1. The van der Waals surface area contributed by atoms with Gasteiger partial charge in [-0.15, -0.1) is 0 Å². The van der Waals surface area contributed by atoms with Crippen molar-refractivity contribution in [2.75, 3.05) is 14.1 Å². The summed E-state index contributed by atoms with van der Waals surface area (Å²) in [5.74, 6) is 0. The topological polar surface area (TPSA) is 23.5 Å². The zero-order valence-corrected chi connectivity index (χ0v) is 13.4. The molecule has 1 unspecified atom stereocenters. The first-order chi connectivity index (χ1) is 9.45. The predicted octanol–water partition coefficient (Wildman–Crippen LogP) is 3.47. The zero-order valence-electron chi connectivity index (χ0n) is 13.4. The van der Waals surface area contributed by atoms with Crippen molar-refractivity contribution in [1.82, 2.24) is 4.90 Å². The third kappa shape index (κ3) is 3.07. The molecule has 2 nitrogen and oxygen atoms in total. The van der Waals surface area contributed by atoms with Crippen LogP contribution in [-0.2, 0) is 6.42 Å². The first kappa shape index (κ1) is 15.5. The largest absolute Gasteiger partial charge is 0.391 e. The molecule has 0 saturated heterocycles. The molecule has 112 valence electrons. The van der Waals surface area contributed by atoms with Crippen LogP contribution in [0.1, 0.15) is 48.8 Å². The highest BCUT2D eigenvalue weighted by Crippen LogP contribution is 2.36. The maximum absolute atomic E-state index is 10.9. The van der Waals surface area contributed by atoms with Crippen molar-refractivity contribution in [2.24, 2.45) is 0 Å². The molecule has 1 atom stereocenters. The fourth-order valence-electron chi connectivity index (χ4n) is 3.59. The molecule has 0 heterocycles. The van der Waals surface area contributed by atoms with Crippen molar-refractivity contribution in [3.8, 4) is 0 Å². The Morgan fingerprint density at radius 2 is 1.75 bits per heavy atom. The number of aryl methyl sites for hydroxylation is 2. The number of nitrogens with zero attached hydrogens (tertiary/aromatic N) is 1. The monoisotopic (exact) mass is 275 g/mol. The van der Waals surface area contributed by atoms with Crippen molar-refractivity contribution < 1.29 is 5.11 Å². The third-order valence-corrected chi connectivity index (χ3v) is 5.23. The first-order valence-corrected chi connectivity index (χ1v) is 7.87. The van der Waals surface area contributed by atoms with Gasteiger partial charge in [0, 0.05) is 12.0 Å². The number of likely N-dealkylation sites (N-methyl/N-ethyl adjacent to an activating group) is 1. The Morgan fingerprint density at radius 1 is 1.10 bits per heavy atom. The predicted molar refractivity (Wildman–Crippen MR) is 85.1 cm³/mol. The van der Waals surface area contributed by atoms with Gasteiger partial charge in [0.25, 0.3) is 0 Å². The van der Waals surface area contributed by atoms with Gasteiger partial charge in [-0.05, 0) is 57.5 Å². The lowest BCUT2D eigenvalue weighted by atomic mass is 9.75. The Hall–Kier alpha value is -0.860. The molecule has 1 aliphatic rings. The molecule has 1 aliphatic carbocycles. The summed E-state index contributed by atoms with van der Waals surface area (Å²) in [5, 5.41) is 10.9. The summed E-state index contributed by atoms with van der Waals surface area (Å²) in [6.07, 6.45) is 6.51. The molecular formula is C18H29NO. The quantitative estimate of drug-likeness (QED) is 0.909. The number of hydrogen-bond donors (Lipinski definition) is 1. The molecule has 20 heavy (non-hydrogen) atoms. The minimum Gasteiger partial charge on any atom is -0.391 e. The molecule has 0 radical (unpaired) electrons. The second-order valence-electron chi connectivity index (χ2n) is 6.70. The molecule has 1 fully saturated rings. The van der Waals surface area contributed by atoms with Crippen molar-refractivity contribution >= 4 is 0 Å². The summed E-state index contributed by atoms with van der Waals surface area (Å²) >= 11 is 0. The number of benzene rings is 1. The lowest BCUT2D eigenvalue weighted by Gasteiger charge is -2.46. The van der Waals surface area contributed by atoms with Crippen LogP contribution in [0.25, 0.3) is 0 Å². The van der Waals surface area contributed by atoms with Gasteiger partial charge >= 0.3 is 0 Å². The smallest absolute Gasteiger partial charge is 0.0763 e. The fourth-order valence-corrected chi connectivity index (χ4v) is 3.59. The van der Waals surface area contributed by atoms with Crippen LogP contribution in [0.2, 0.25) is 0 Å². The maximum atomic E-state index is 10.9. The van der Waals surface area contributed by atoms with Crippen LogP contribution in [-0.4, -0.2) is 35.7 Å². The average molecular weight is 275 g/mol. The van der Waals surface area contributed by atoms with E-state index < -0.39 is 0 Å². The molecule has 0 aliphatic heterocycles. The van der Waals surface area contributed by atoms with Gasteiger partial charge < -0.3 is 10.0 Å². The van der Waals surface area contributed by atoms with Gasteiger partial charge in [0.15, 0.2) is 0 Å². The highest BCUT2D eigenvalue weighted by atomic mass is 16.3. The van der Waals surface area contributed by atoms with Crippen LogP contribution >= 0.6 is 0 Å². The van der Waals surface area contributed by atoms with Crippen molar-refractivity contribution in [3.05, 3.63) is 34.9 Å². The van der Waals surface area contributed by atoms with E-state index in [2.05, 4.69) is 51.0 Å². The van der Waals surface area contributed by atoms with E-state index in [1.807, 2.05) is 0 Å². The van der Waals surface area contributed by atoms with Gasteiger partial charge in [-0.1, -0.05) is 37.5 Å². The molecule has 0 amide bonds. The molecule has 1 aromatic carbocycles. The lowest BCUT2D eigenvalue weighted by Crippen LogP contribution is -2.55. The SMILES string of the molecule is Cc1ccc(CC(O)C2(N(C)C)CCCCC2)cc1C. The molecule has 0 bridgehead atoms. The summed E-state index contributed by atoms with van der Waals surface area (Å²) in [6, 6.07) is 6.56. The Balaban J connectivity index is 2.15. The van der Waals surface area contributed by atoms with E-state index in [0.29, 0.717) is 0 Å². The van der Waals surface area contributed by atoms with Crippen LogP contribution < -0.4 is 0 Å². The molecule has 2 heteroatoms. The van der Waals surface area contributed by atoms with Gasteiger partial charge in [0.05, 0.1) is 6.10 Å². The Bertz CT molecular complexity index is 447. The van der Waals surface area contributed by atoms with E-state index in [0.717, 1.165) is 19.3 Å². The summed E-state index contributed by atoms with van der Waals surface area (Å²) in [5.41, 5.74) is 3.87. The summed E-state index contributed by atoms with van der Waals surface area (Å²) in [4.78, 5) is 2.26. The van der Waals surface area contributed by atoms with Crippen molar-refractivity contribution in [2.45, 2.75) is 64.0 Å². The van der Waals surface area contributed by atoms with E-state index >= 15 is 0 Å².